The summed E-state index contributed by atoms with van der Waals surface area (Å²) in [4.78, 5) is 22.5. The van der Waals surface area contributed by atoms with Gasteiger partial charge in [0.2, 0.25) is 0 Å². The SMILES string of the molecule is COC(=O)C(=C\C#C/C(C)=C/C=O)/C=C/[C@@]12O[C@]1(C)C[C@@H](O)CC2(C)C. The van der Waals surface area contributed by atoms with Crippen LogP contribution in [0.25, 0.3) is 0 Å². The van der Waals surface area contributed by atoms with Crippen LogP contribution in [-0.2, 0) is 19.1 Å². The van der Waals surface area contributed by atoms with Crippen LogP contribution >= 0.6 is 0 Å². The van der Waals surface area contributed by atoms with Gasteiger partial charge in [-0.3, -0.25) is 4.79 Å². The highest BCUT2D eigenvalue weighted by Crippen LogP contribution is 2.66. The maximum atomic E-state index is 12.0. The number of aliphatic hydroxyl groups is 1. The van der Waals surface area contributed by atoms with Crippen molar-refractivity contribution in [1.29, 1.82) is 0 Å². The second kappa shape index (κ2) is 7.22. The van der Waals surface area contributed by atoms with E-state index in [-0.39, 0.29) is 5.41 Å². The molecule has 0 radical (unpaired) electrons. The number of rotatable bonds is 4. The topological polar surface area (TPSA) is 76.1 Å². The second-order valence-electron chi connectivity index (χ2n) is 7.69. The van der Waals surface area contributed by atoms with Gasteiger partial charge in [0.1, 0.15) is 17.5 Å². The Morgan fingerprint density at radius 1 is 1.31 bits per heavy atom. The Bertz CT molecular complexity index is 746. The standard InChI is InChI=1S/C21H26O5/c1-15(10-12-22)7-6-8-16(18(24)25-5)9-11-21-19(2,3)13-17(23)14-20(21,4)26-21/h8-12,17,23H,13-14H2,1-5H3/b11-9+,15-10+,16-8-/t17-,20+,21-/m0/s1. The molecule has 2 rings (SSSR count). The van der Waals surface area contributed by atoms with Gasteiger partial charge in [0, 0.05) is 23.5 Å². The zero-order chi connectivity index (χ0) is 19.6. The van der Waals surface area contributed by atoms with E-state index in [9.17, 15) is 14.7 Å². The number of esters is 1. The minimum absolute atomic E-state index is 0.272. The molecular formula is C21H26O5. The number of allylic oxidation sites excluding steroid dienone is 3. The lowest BCUT2D eigenvalue weighted by molar-refractivity contribution is -0.135. The molecule has 5 nitrogen and oxygen atoms in total. The number of hydrogen-bond donors (Lipinski definition) is 1. The summed E-state index contributed by atoms with van der Waals surface area (Å²) >= 11 is 0. The van der Waals surface area contributed by atoms with Crippen LogP contribution < -0.4 is 0 Å². The molecular weight excluding hydrogens is 332 g/mol. The van der Waals surface area contributed by atoms with Crippen molar-refractivity contribution in [1.82, 2.24) is 0 Å². The first kappa shape index (κ1) is 20.2. The van der Waals surface area contributed by atoms with Crippen LogP contribution in [0.1, 0.15) is 40.5 Å². The number of fused-ring (bicyclic) bond motifs is 1. The Balaban J connectivity index is 2.31. The molecule has 3 atom stereocenters. The van der Waals surface area contributed by atoms with Crippen molar-refractivity contribution in [2.75, 3.05) is 7.11 Å². The van der Waals surface area contributed by atoms with Crippen LogP contribution in [-0.4, -0.2) is 41.8 Å². The fourth-order valence-electron chi connectivity index (χ4n) is 3.95. The molecule has 0 unspecified atom stereocenters. The van der Waals surface area contributed by atoms with Gasteiger partial charge in [0.25, 0.3) is 0 Å². The Labute approximate surface area is 154 Å². The van der Waals surface area contributed by atoms with Crippen LogP contribution in [0, 0.1) is 17.3 Å². The van der Waals surface area contributed by atoms with E-state index in [4.69, 9.17) is 9.47 Å². The second-order valence-corrected chi connectivity index (χ2v) is 7.69. The van der Waals surface area contributed by atoms with Crippen molar-refractivity contribution >= 4 is 12.3 Å². The third-order valence-corrected chi connectivity index (χ3v) is 5.24. The highest BCUT2D eigenvalue weighted by molar-refractivity contribution is 5.92. The fraction of sp³-hybridized carbons (Fsp3) is 0.524. The maximum absolute atomic E-state index is 12.0. The zero-order valence-electron chi connectivity index (χ0n) is 16.0. The predicted molar refractivity (Wildman–Crippen MR) is 98.1 cm³/mol. The summed E-state index contributed by atoms with van der Waals surface area (Å²) in [6.07, 6.45) is 7.83. The van der Waals surface area contributed by atoms with Crippen LogP contribution in [0.5, 0.6) is 0 Å². The van der Waals surface area contributed by atoms with Gasteiger partial charge in [-0.05, 0) is 38.5 Å². The lowest BCUT2D eigenvalue weighted by Crippen LogP contribution is -2.46. The molecule has 0 aromatic heterocycles. The number of methoxy groups -OCH3 is 1. The van der Waals surface area contributed by atoms with E-state index in [1.165, 1.54) is 19.3 Å². The predicted octanol–water partition coefficient (Wildman–Crippen LogP) is 2.50. The molecule has 0 aromatic rings. The Hall–Kier alpha value is -2.16. The van der Waals surface area contributed by atoms with Crippen molar-refractivity contribution in [3.8, 4) is 11.8 Å². The normalized spacial score (nSPS) is 33.1. The van der Waals surface area contributed by atoms with Crippen molar-refractivity contribution in [3.63, 3.8) is 0 Å². The molecule has 2 fully saturated rings. The summed E-state index contributed by atoms with van der Waals surface area (Å²) in [5.41, 5.74) is -0.350. The maximum Gasteiger partial charge on any atom is 0.338 e. The molecule has 1 aliphatic carbocycles. The van der Waals surface area contributed by atoms with Gasteiger partial charge in [-0.2, -0.15) is 0 Å². The van der Waals surface area contributed by atoms with E-state index in [0.717, 1.165) is 0 Å². The number of aldehydes is 1. The van der Waals surface area contributed by atoms with E-state index in [0.29, 0.717) is 30.3 Å². The first-order chi connectivity index (χ1) is 12.1. The molecule has 1 saturated heterocycles. The van der Waals surface area contributed by atoms with Gasteiger partial charge in [-0.15, -0.1) is 0 Å². The quantitative estimate of drug-likeness (QED) is 0.209. The molecule has 1 aliphatic heterocycles. The van der Waals surface area contributed by atoms with Crippen molar-refractivity contribution in [2.24, 2.45) is 5.41 Å². The van der Waals surface area contributed by atoms with E-state index in [1.807, 2.05) is 13.0 Å². The van der Waals surface area contributed by atoms with Crippen molar-refractivity contribution in [3.05, 3.63) is 35.5 Å². The number of hydrogen-bond acceptors (Lipinski definition) is 5. The molecule has 0 spiro atoms. The third kappa shape index (κ3) is 3.67. The molecule has 0 amide bonds. The molecule has 1 N–H and O–H groups in total. The molecule has 26 heavy (non-hydrogen) atoms. The first-order valence-electron chi connectivity index (χ1n) is 8.60. The molecule has 0 aromatic carbocycles. The number of aliphatic hydroxyl groups excluding tert-OH is 1. The van der Waals surface area contributed by atoms with E-state index < -0.39 is 23.3 Å². The monoisotopic (exact) mass is 358 g/mol. The summed E-state index contributed by atoms with van der Waals surface area (Å²) in [6, 6.07) is 0. The fourth-order valence-corrected chi connectivity index (χ4v) is 3.95. The molecule has 5 heteroatoms. The highest BCUT2D eigenvalue weighted by atomic mass is 16.6. The highest BCUT2D eigenvalue weighted by Gasteiger charge is 2.74. The van der Waals surface area contributed by atoms with Crippen LogP contribution in [0.3, 0.4) is 0 Å². The molecule has 140 valence electrons. The number of carbonyl (C=O) groups is 2. The number of ether oxygens (including phenoxy) is 2. The Morgan fingerprint density at radius 2 is 2.00 bits per heavy atom. The Morgan fingerprint density at radius 3 is 2.58 bits per heavy atom. The van der Waals surface area contributed by atoms with Gasteiger partial charge in [0.15, 0.2) is 0 Å². The van der Waals surface area contributed by atoms with Gasteiger partial charge >= 0.3 is 5.97 Å². The summed E-state index contributed by atoms with van der Waals surface area (Å²) in [5, 5.41) is 10.1. The molecule has 2 aliphatic rings. The third-order valence-electron chi connectivity index (χ3n) is 5.24. The van der Waals surface area contributed by atoms with E-state index in [2.05, 4.69) is 25.7 Å². The van der Waals surface area contributed by atoms with Gasteiger partial charge in [0.05, 0.1) is 18.8 Å². The summed E-state index contributed by atoms with van der Waals surface area (Å²) in [5.74, 6) is 5.04. The zero-order valence-corrected chi connectivity index (χ0v) is 16.0. The lowest BCUT2D eigenvalue weighted by atomic mass is 9.63. The molecule has 0 bridgehead atoms. The minimum atomic E-state index is -0.535. The van der Waals surface area contributed by atoms with Gasteiger partial charge < -0.3 is 14.6 Å². The molecule has 1 saturated carbocycles. The number of epoxide rings is 1. The van der Waals surface area contributed by atoms with Crippen LogP contribution in [0.15, 0.2) is 35.5 Å². The van der Waals surface area contributed by atoms with E-state index >= 15 is 0 Å². The van der Waals surface area contributed by atoms with Crippen LogP contribution in [0.4, 0.5) is 0 Å². The van der Waals surface area contributed by atoms with Crippen molar-refractivity contribution in [2.45, 2.75) is 57.8 Å². The summed E-state index contributed by atoms with van der Waals surface area (Å²) < 4.78 is 10.9. The van der Waals surface area contributed by atoms with Gasteiger partial charge in [-0.1, -0.05) is 25.7 Å². The van der Waals surface area contributed by atoms with Crippen molar-refractivity contribution < 1.29 is 24.2 Å². The average molecular weight is 358 g/mol. The number of carbonyl (C=O) groups excluding carboxylic acids is 2. The largest absolute Gasteiger partial charge is 0.465 e. The molecule has 1 heterocycles. The van der Waals surface area contributed by atoms with Gasteiger partial charge in [-0.25, -0.2) is 4.79 Å². The summed E-state index contributed by atoms with van der Waals surface area (Å²) in [6.45, 7) is 7.80. The smallest absolute Gasteiger partial charge is 0.338 e. The lowest BCUT2D eigenvalue weighted by Gasteiger charge is -2.39. The first-order valence-corrected chi connectivity index (χ1v) is 8.60. The Kier molecular flexibility index (Phi) is 5.60. The minimum Gasteiger partial charge on any atom is -0.465 e. The van der Waals surface area contributed by atoms with E-state index in [1.54, 1.807) is 13.0 Å². The van der Waals surface area contributed by atoms with Crippen LogP contribution in [0.2, 0.25) is 0 Å². The average Bonchev–Trinajstić information content (AvgIpc) is 3.15. The summed E-state index contributed by atoms with van der Waals surface area (Å²) in [7, 11) is 1.31.